The number of carbonyl (C=O) groups excluding carboxylic acids is 3. The van der Waals surface area contributed by atoms with Crippen molar-refractivity contribution in [2.45, 2.75) is 39.0 Å². The molecule has 1 heterocycles. The second-order valence-corrected chi connectivity index (χ2v) is 8.01. The van der Waals surface area contributed by atoms with Crippen molar-refractivity contribution in [3.8, 4) is 5.75 Å². The summed E-state index contributed by atoms with van der Waals surface area (Å²) >= 11 is 1.37. The Bertz CT molecular complexity index is 922. The van der Waals surface area contributed by atoms with Crippen molar-refractivity contribution in [3.63, 3.8) is 0 Å². The number of aryl methyl sites for hydroxylation is 2. The molecule has 1 aliphatic rings. The first-order valence-electron chi connectivity index (χ1n) is 9.53. The molecule has 29 heavy (non-hydrogen) atoms. The molecule has 0 spiro atoms. The van der Waals surface area contributed by atoms with Crippen LogP contribution in [0.15, 0.2) is 24.3 Å². The largest absolute Gasteiger partial charge is 0.493 e. The van der Waals surface area contributed by atoms with Crippen LogP contribution in [0, 0.1) is 6.92 Å². The molecule has 0 saturated carbocycles. The Morgan fingerprint density at radius 3 is 2.76 bits per heavy atom. The van der Waals surface area contributed by atoms with Crippen molar-refractivity contribution >= 4 is 34.1 Å². The molecule has 3 rings (SSSR count). The van der Waals surface area contributed by atoms with Crippen molar-refractivity contribution in [2.75, 3.05) is 18.5 Å². The number of thiophene rings is 1. The molecule has 0 unspecified atom stereocenters. The fourth-order valence-electron chi connectivity index (χ4n) is 3.25. The highest BCUT2D eigenvalue weighted by molar-refractivity contribution is 7.17. The molecule has 0 bridgehead atoms. The molecule has 8 heteroatoms. The van der Waals surface area contributed by atoms with Gasteiger partial charge in [-0.05, 0) is 55.9 Å². The van der Waals surface area contributed by atoms with E-state index in [4.69, 9.17) is 15.2 Å². The number of benzene rings is 1. The smallest absolute Gasteiger partial charge is 0.309 e. The first kappa shape index (κ1) is 20.9. The zero-order chi connectivity index (χ0) is 20.8. The number of fused-ring (bicyclic) bond motifs is 1. The van der Waals surface area contributed by atoms with Crippen LogP contribution in [0.2, 0.25) is 0 Å². The second kappa shape index (κ2) is 9.56. The van der Waals surface area contributed by atoms with E-state index < -0.39 is 24.4 Å². The van der Waals surface area contributed by atoms with Gasteiger partial charge in [-0.3, -0.25) is 14.4 Å². The summed E-state index contributed by atoms with van der Waals surface area (Å²) in [7, 11) is 0. The van der Waals surface area contributed by atoms with E-state index >= 15 is 0 Å². The number of ether oxygens (including phenoxy) is 2. The van der Waals surface area contributed by atoms with Crippen molar-refractivity contribution in [2.24, 2.45) is 5.73 Å². The fourth-order valence-corrected chi connectivity index (χ4v) is 4.56. The van der Waals surface area contributed by atoms with Crippen molar-refractivity contribution in [1.82, 2.24) is 0 Å². The van der Waals surface area contributed by atoms with Crippen LogP contribution in [0.25, 0.3) is 0 Å². The molecule has 3 N–H and O–H groups in total. The molecular formula is C21H24N2O5S. The molecule has 0 atom stereocenters. The standard InChI is InChI=1S/C21H24N2O5S/c1-13-5-4-6-14(11-13)27-10-9-18(25)28-12-17(24)23-21-19(20(22)26)15-7-2-3-8-16(15)29-21/h4-6,11H,2-3,7-10,12H2,1H3,(H2,22,26)(H,23,24). The Hall–Kier alpha value is -2.87. The van der Waals surface area contributed by atoms with Crippen molar-refractivity contribution < 1.29 is 23.9 Å². The topological polar surface area (TPSA) is 108 Å². The first-order valence-corrected chi connectivity index (χ1v) is 10.3. The molecule has 1 aromatic carbocycles. The maximum atomic E-state index is 12.2. The third-order valence-corrected chi connectivity index (χ3v) is 5.81. The average molecular weight is 416 g/mol. The number of carbonyl (C=O) groups is 3. The number of primary amides is 1. The normalized spacial score (nSPS) is 12.7. The summed E-state index contributed by atoms with van der Waals surface area (Å²) in [4.78, 5) is 36.9. The van der Waals surface area contributed by atoms with Gasteiger partial charge in [-0.1, -0.05) is 12.1 Å². The van der Waals surface area contributed by atoms with Crippen LogP contribution in [0.5, 0.6) is 5.75 Å². The highest BCUT2D eigenvalue weighted by Gasteiger charge is 2.25. The Balaban J connectivity index is 1.47. The minimum Gasteiger partial charge on any atom is -0.493 e. The van der Waals surface area contributed by atoms with Crippen LogP contribution >= 0.6 is 11.3 Å². The maximum Gasteiger partial charge on any atom is 0.309 e. The summed E-state index contributed by atoms with van der Waals surface area (Å²) in [6, 6.07) is 7.50. The van der Waals surface area contributed by atoms with Gasteiger partial charge >= 0.3 is 5.97 Å². The van der Waals surface area contributed by atoms with Gasteiger partial charge in [-0.15, -0.1) is 11.3 Å². The van der Waals surface area contributed by atoms with Crippen LogP contribution in [-0.2, 0) is 27.2 Å². The van der Waals surface area contributed by atoms with Gasteiger partial charge in [0.1, 0.15) is 10.8 Å². The van der Waals surface area contributed by atoms with E-state index in [0.717, 1.165) is 41.7 Å². The van der Waals surface area contributed by atoms with E-state index in [1.807, 2.05) is 31.2 Å². The van der Waals surface area contributed by atoms with Crippen molar-refractivity contribution in [1.29, 1.82) is 0 Å². The number of nitrogens with two attached hydrogens (primary N) is 1. The molecule has 1 aromatic heterocycles. The Labute approximate surface area is 173 Å². The SMILES string of the molecule is Cc1cccc(OCCC(=O)OCC(=O)Nc2sc3c(c2C(N)=O)CCCC3)c1. The minimum absolute atomic E-state index is 0.0288. The zero-order valence-corrected chi connectivity index (χ0v) is 17.1. The van der Waals surface area contributed by atoms with Gasteiger partial charge in [-0.2, -0.15) is 0 Å². The molecule has 154 valence electrons. The third-order valence-electron chi connectivity index (χ3n) is 4.60. The number of amides is 2. The molecule has 0 radical (unpaired) electrons. The van der Waals surface area contributed by atoms with E-state index in [0.29, 0.717) is 16.3 Å². The quantitative estimate of drug-likeness (QED) is 0.643. The molecule has 2 aromatic rings. The lowest BCUT2D eigenvalue weighted by molar-refractivity contribution is -0.147. The lowest BCUT2D eigenvalue weighted by Crippen LogP contribution is -2.23. The second-order valence-electron chi connectivity index (χ2n) is 6.90. The number of rotatable bonds is 8. The average Bonchev–Trinajstić information content (AvgIpc) is 3.04. The Morgan fingerprint density at radius 1 is 1.21 bits per heavy atom. The number of hydrogen-bond acceptors (Lipinski definition) is 6. The molecule has 0 saturated heterocycles. The van der Waals surface area contributed by atoms with Crippen LogP contribution in [0.4, 0.5) is 5.00 Å². The number of nitrogens with one attached hydrogen (secondary N) is 1. The summed E-state index contributed by atoms with van der Waals surface area (Å²) in [6.45, 7) is 1.69. The monoisotopic (exact) mass is 416 g/mol. The number of hydrogen-bond donors (Lipinski definition) is 2. The zero-order valence-electron chi connectivity index (χ0n) is 16.3. The van der Waals surface area contributed by atoms with Gasteiger partial charge in [-0.25, -0.2) is 0 Å². The highest BCUT2D eigenvalue weighted by atomic mass is 32.1. The Morgan fingerprint density at radius 2 is 2.00 bits per heavy atom. The van der Waals surface area contributed by atoms with Gasteiger partial charge in [0, 0.05) is 4.88 Å². The third kappa shape index (κ3) is 5.57. The lowest BCUT2D eigenvalue weighted by Gasteiger charge is -2.11. The first-order chi connectivity index (χ1) is 13.9. The minimum atomic E-state index is -0.551. The summed E-state index contributed by atoms with van der Waals surface area (Å²) in [5, 5.41) is 3.10. The summed E-state index contributed by atoms with van der Waals surface area (Å²) < 4.78 is 10.5. The summed E-state index contributed by atoms with van der Waals surface area (Å²) in [5.41, 5.74) is 7.90. The van der Waals surface area contributed by atoms with Gasteiger partial charge in [0.25, 0.3) is 11.8 Å². The summed E-state index contributed by atoms with van der Waals surface area (Å²) in [5.74, 6) is -0.909. The van der Waals surface area contributed by atoms with Gasteiger partial charge in [0.2, 0.25) is 0 Å². The highest BCUT2D eigenvalue weighted by Crippen LogP contribution is 2.37. The maximum absolute atomic E-state index is 12.2. The van der Waals surface area contributed by atoms with Gasteiger partial charge < -0.3 is 20.5 Å². The van der Waals surface area contributed by atoms with Crippen LogP contribution in [0.3, 0.4) is 0 Å². The Kier molecular flexibility index (Phi) is 6.87. The van der Waals surface area contributed by atoms with Gasteiger partial charge in [0.05, 0.1) is 18.6 Å². The lowest BCUT2D eigenvalue weighted by atomic mass is 9.95. The molecule has 0 aliphatic heterocycles. The predicted molar refractivity (Wildman–Crippen MR) is 110 cm³/mol. The van der Waals surface area contributed by atoms with E-state index in [2.05, 4.69) is 5.32 Å². The molecule has 1 aliphatic carbocycles. The molecule has 0 fully saturated rings. The van der Waals surface area contributed by atoms with Crippen molar-refractivity contribution in [3.05, 3.63) is 45.8 Å². The van der Waals surface area contributed by atoms with Crippen LogP contribution in [-0.4, -0.2) is 31.0 Å². The number of anilines is 1. The predicted octanol–water partition coefficient (Wildman–Crippen LogP) is 2.99. The summed E-state index contributed by atoms with van der Waals surface area (Å²) in [6.07, 6.45) is 3.75. The number of esters is 1. The molecular weight excluding hydrogens is 392 g/mol. The van der Waals surface area contributed by atoms with E-state index in [-0.39, 0.29) is 13.0 Å². The molecule has 7 nitrogen and oxygen atoms in total. The van der Waals surface area contributed by atoms with E-state index in [1.165, 1.54) is 11.3 Å². The van der Waals surface area contributed by atoms with E-state index in [9.17, 15) is 14.4 Å². The van der Waals surface area contributed by atoms with Crippen LogP contribution < -0.4 is 15.8 Å². The van der Waals surface area contributed by atoms with Gasteiger partial charge in [0.15, 0.2) is 6.61 Å². The fraction of sp³-hybridized carbons (Fsp3) is 0.381. The van der Waals surface area contributed by atoms with Crippen LogP contribution in [0.1, 0.15) is 45.6 Å². The van der Waals surface area contributed by atoms with E-state index in [1.54, 1.807) is 0 Å². The molecule has 2 amide bonds.